The standard InChI is InChI=1S/C20H20FNO3S2/c1-25-20-7-4-16(12-19(20)21)15-2-5-18(6-3-15)27(23,24)9-8-14-10-17(11-14)22-13-26/h2-7,12,14,17H,8-11H2,1H3/t14-,17+. The van der Waals surface area contributed by atoms with Crippen molar-refractivity contribution < 1.29 is 17.5 Å². The lowest BCUT2D eigenvalue weighted by molar-refractivity contribution is 0.261. The predicted molar refractivity (Wildman–Crippen MR) is 107 cm³/mol. The van der Waals surface area contributed by atoms with Crippen LogP contribution in [-0.2, 0) is 9.84 Å². The summed E-state index contributed by atoms with van der Waals surface area (Å²) in [5, 5.41) is 2.38. The molecule has 2 aromatic rings. The van der Waals surface area contributed by atoms with Gasteiger partial charge in [-0.3, -0.25) is 0 Å². The SMILES string of the molecule is COc1ccc(-c2ccc(S(=O)(=O)CC[C@H]3C[C@@H](N=C=S)C3)cc2)cc1F. The number of methoxy groups -OCH3 is 1. The first-order valence-electron chi connectivity index (χ1n) is 8.66. The van der Waals surface area contributed by atoms with E-state index < -0.39 is 15.7 Å². The number of hydrogen-bond acceptors (Lipinski definition) is 5. The van der Waals surface area contributed by atoms with Crippen LogP contribution in [0, 0.1) is 11.7 Å². The monoisotopic (exact) mass is 405 g/mol. The average molecular weight is 406 g/mol. The summed E-state index contributed by atoms with van der Waals surface area (Å²) < 4.78 is 43.9. The summed E-state index contributed by atoms with van der Waals surface area (Å²) in [7, 11) is -1.93. The Morgan fingerprint density at radius 2 is 1.85 bits per heavy atom. The van der Waals surface area contributed by atoms with Gasteiger partial charge in [0.2, 0.25) is 0 Å². The van der Waals surface area contributed by atoms with Crippen LogP contribution in [0.1, 0.15) is 19.3 Å². The molecular weight excluding hydrogens is 385 g/mol. The molecule has 0 spiro atoms. The second kappa shape index (κ2) is 8.30. The van der Waals surface area contributed by atoms with Crippen LogP contribution in [0.4, 0.5) is 4.39 Å². The molecule has 0 bridgehead atoms. The summed E-state index contributed by atoms with van der Waals surface area (Å²) in [6.07, 6.45) is 2.37. The fourth-order valence-corrected chi connectivity index (χ4v) is 4.84. The van der Waals surface area contributed by atoms with Crippen molar-refractivity contribution in [1.29, 1.82) is 0 Å². The number of thiocarbonyl (C=S) groups is 1. The van der Waals surface area contributed by atoms with Crippen molar-refractivity contribution in [3.8, 4) is 16.9 Å². The van der Waals surface area contributed by atoms with E-state index in [1.165, 1.54) is 13.2 Å². The number of nitrogens with zero attached hydrogens (tertiary/aromatic N) is 1. The molecule has 7 heteroatoms. The van der Waals surface area contributed by atoms with Gasteiger partial charge in [0.15, 0.2) is 21.4 Å². The zero-order chi connectivity index (χ0) is 19.4. The molecule has 0 aliphatic heterocycles. The number of hydrogen-bond donors (Lipinski definition) is 0. The number of sulfone groups is 1. The van der Waals surface area contributed by atoms with Crippen molar-refractivity contribution >= 4 is 27.2 Å². The third kappa shape index (κ3) is 4.61. The summed E-state index contributed by atoms with van der Waals surface area (Å²) in [6.45, 7) is 0. The number of ether oxygens (including phenoxy) is 1. The molecule has 0 unspecified atom stereocenters. The molecule has 0 radical (unpaired) electrons. The Morgan fingerprint density at radius 1 is 1.19 bits per heavy atom. The third-order valence-corrected chi connectivity index (χ3v) is 6.81. The minimum atomic E-state index is -3.34. The van der Waals surface area contributed by atoms with Crippen LogP contribution in [0.2, 0.25) is 0 Å². The number of aliphatic imine (C=N–C) groups is 1. The molecule has 2 aromatic carbocycles. The first-order chi connectivity index (χ1) is 12.9. The van der Waals surface area contributed by atoms with Gasteiger partial charge in [0.25, 0.3) is 0 Å². The lowest BCUT2D eigenvalue weighted by Crippen LogP contribution is -2.28. The van der Waals surface area contributed by atoms with Gasteiger partial charge in [-0.1, -0.05) is 18.2 Å². The Kier molecular flexibility index (Phi) is 6.05. The highest BCUT2D eigenvalue weighted by Crippen LogP contribution is 2.33. The summed E-state index contributed by atoms with van der Waals surface area (Å²) in [5.41, 5.74) is 1.41. The van der Waals surface area contributed by atoms with Gasteiger partial charge in [0.05, 0.1) is 29.0 Å². The minimum Gasteiger partial charge on any atom is -0.494 e. The molecule has 1 aliphatic carbocycles. The molecule has 1 aliphatic rings. The smallest absolute Gasteiger partial charge is 0.178 e. The van der Waals surface area contributed by atoms with Gasteiger partial charge in [0.1, 0.15) is 0 Å². The summed E-state index contributed by atoms with van der Waals surface area (Å²) in [4.78, 5) is 4.30. The fraction of sp³-hybridized carbons (Fsp3) is 0.350. The van der Waals surface area contributed by atoms with Crippen molar-refractivity contribution in [2.45, 2.75) is 30.2 Å². The van der Waals surface area contributed by atoms with E-state index in [-0.39, 0.29) is 22.4 Å². The maximum Gasteiger partial charge on any atom is 0.178 e. The first kappa shape index (κ1) is 19.7. The largest absolute Gasteiger partial charge is 0.494 e. The maximum absolute atomic E-state index is 13.9. The van der Waals surface area contributed by atoms with Gasteiger partial charge in [-0.05, 0) is 72.8 Å². The van der Waals surface area contributed by atoms with E-state index in [1.807, 2.05) is 0 Å². The highest BCUT2D eigenvalue weighted by atomic mass is 32.2. The topological polar surface area (TPSA) is 55.7 Å². The molecule has 0 heterocycles. The zero-order valence-corrected chi connectivity index (χ0v) is 16.5. The van der Waals surface area contributed by atoms with Gasteiger partial charge in [-0.25, -0.2) is 17.8 Å². The number of isothiocyanates is 1. The Bertz CT molecular complexity index is 961. The van der Waals surface area contributed by atoms with E-state index in [9.17, 15) is 12.8 Å². The molecule has 0 N–H and O–H groups in total. The van der Waals surface area contributed by atoms with Crippen LogP contribution in [-0.4, -0.2) is 32.5 Å². The van der Waals surface area contributed by atoms with Crippen molar-refractivity contribution in [3.63, 3.8) is 0 Å². The Balaban J connectivity index is 1.65. The van der Waals surface area contributed by atoms with Crippen molar-refractivity contribution in [1.82, 2.24) is 0 Å². The van der Waals surface area contributed by atoms with Crippen LogP contribution in [0.25, 0.3) is 11.1 Å². The van der Waals surface area contributed by atoms with Crippen LogP contribution < -0.4 is 4.74 Å². The second-order valence-corrected chi connectivity index (χ2v) is 8.98. The predicted octanol–water partition coefficient (Wildman–Crippen LogP) is 4.55. The molecule has 0 atom stereocenters. The molecule has 1 saturated carbocycles. The molecule has 4 nitrogen and oxygen atoms in total. The summed E-state index contributed by atoms with van der Waals surface area (Å²) in [5.74, 6) is 0.205. The molecular formula is C20H20FNO3S2. The van der Waals surface area contributed by atoms with Gasteiger partial charge in [-0.2, -0.15) is 0 Å². The number of rotatable bonds is 7. The van der Waals surface area contributed by atoms with Crippen LogP contribution in [0.3, 0.4) is 0 Å². The van der Waals surface area contributed by atoms with Gasteiger partial charge in [0, 0.05) is 0 Å². The highest BCUT2D eigenvalue weighted by molar-refractivity contribution is 7.91. The minimum absolute atomic E-state index is 0.113. The Morgan fingerprint density at radius 3 is 2.44 bits per heavy atom. The molecule has 0 aromatic heterocycles. The van der Waals surface area contributed by atoms with Crippen molar-refractivity contribution in [2.24, 2.45) is 10.9 Å². The quantitative estimate of drug-likeness (QED) is 0.501. The normalized spacial score (nSPS) is 19.0. The lowest BCUT2D eigenvalue weighted by Gasteiger charge is -2.31. The van der Waals surface area contributed by atoms with Crippen LogP contribution in [0.5, 0.6) is 5.75 Å². The van der Waals surface area contributed by atoms with E-state index in [0.717, 1.165) is 18.4 Å². The molecule has 142 valence electrons. The maximum atomic E-state index is 13.9. The van der Waals surface area contributed by atoms with Crippen molar-refractivity contribution in [3.05, 3.63) is 48.3 Å². The highest BCUT2D eigenvalue weighted by Gasteiger charge is 2.30. The molecule has 0 saturated heterocycles. The molecule has 27 heavy (non-hydrogen) atoms. The number of benzene rings is 2. The van der Waals surface area contributed by atoms with Gasteiger partial charge in [-0.15, -0.1) is 0 Å². The fourth-order valence-electron chi connectivity index (χ4n) is 3.26. The van der Waals surface area contributed by atoms with Crippen molar-refractivity contribution in [2.75, 3.05) is 12.9 Å². The van der Waals surface area contributed by atoms with E-state index in [2.05, 4.69) is 22.4 Å². The molecule has 1 fully saturated rings. The van der Waals surface area contributed by atoms with Crippen LogP contribution >= 0.6 is 12.2 Å². The van der Waals surface area contributed by atoms with E-state index in [0.29, 0.717) is 17.9 Å². The average Bonchev–Trinajstić information content (AvgIpc) is 2.63. The first-order valence-corrected chi connectivity index (χ1v) is 10.7. The van der Waals surface area contributed by atoms with E-state index >= 15 is 0 Å². The lowest BCUT2D eigenvalue weighted by atomic mass is 9.79. The van der Waals surface area contributed by atoms with E-state index in [1.54, 1.807) is 36.4 Å². The number of halogens is 1. The zero-order valence-electron chi connectivity index (χ0n) is 14.9. The van der Waals surface area contributed by atoms with Gasteiger partial charge >= 0.3 is 0 Å². The van der Waals surface area contributed by atoms with Crippen LogP contribution in [0.15, 0.2) is 52.4 Å². The van der Waals surface area contributed by atoms with Gasteiger partial charge < -0.3 is 4.74 Å². The molecule has 0 amide bonds. The third-order valence-electron chi connectivity index (χ3n) is 4.94. The summed E-state index contributed by atoms with van der Waals surface area (Å²) in [6, 6.07) is 11.4. The summed E-state index contributed by atoms with van der Waals surface area (Å²) >= 11 is 4.58. The second-order valence-electron chi connectivity index (χ2n) is 6.69. The van der Waals surface area contributed by atoms with E-state index in [4.69, 9.17) is 4.74 Å². The Labute approximate surface area is 164 Å². The molecule has 3 rings (SSSR count). The Hall–Kier alpha value is -2.08.